The Bertz CT molecular complexity index is 649. The fourth-order valence-corrected chi connectivity index (χ4v) is 2.96. The number of nitrogens with zero attached hydrogens (tertiary/aromatic N) is 1. The lowest BCUT2D eigenvalue weighted by Gasteiger charge is -2.09. The van der Waals surface area contributed by atoms with Crippen molar-refractivity contribution < 1.29 is 10.2 Å². The molecule has 0 amide bonds. The standard InChI is InChI=1S/C16H15NO2S/c18-14-7-11(5-6-13-9-20-10-17-13)8-15(19)16(14)12-3-1-2-4-12/h3,5-10,18-19H,1-2,4H2/b6-5+. The van der Waals surface area contributed by atoms with Crippen LogP contribution in [-0.4, -0.2) is 15.2 Å². The van der Waals surface area contributed by atoms with E-state index in [1.54, 1.807) is 17.6 Å². The summed E-state index contributed by atoms with van der Waals surface area (Å²) >= 11 is 1.53. The van der Waals surface area contributed by atoms with Crippen LogP contribution in [0.1, 0.15) is 36.1 Å². The highest BCUT2D eigenvalue weighted by Crippen LogP contribution is 2.40. The zero-order valence-electron chi connectivity index (χ0n) is 10.9. The smallest absolute Gasteiger partial charge is 0.127 e. The summed E-state index contributed by atoms with van der Waals surface area (Å²) in [6.07, 6.45) is 8.79. The molecule has 20 heavy (non-hydrogen) atoms. The van der Waals surface area contributed by atoms with Crippen molar-refractivity contribution in [2.75, 3.05) is 0 Å². The second kappa shape index (κ2) is 5.51. The number of aromatic nitrogens is 1. The van der Waals surface area contributed by atoms with E-state index < -0.39 is 0 Å². The van der Waals surface area contributed by atoms with Gasteiger partial charge in [-0.25, -0.2) is 4.98 Å². The molecule has 1 aromatic carbocycles. The SMILES string of the molecule is Oc1cc(/C=C/c2cscn2)cc(O)c1C1=CCCC1. The monoisotopic (exact) mass is 285 g/mol. The van der Waals surface area contributed by atoms with E-state index in [0.29, 0.717) is 5.56 Å². The van der Waals surface area contributed by atoms with E-state index in [1.165, 1.54) is 11.3 Å². The Morgan fingerprint density at radius 1 is 1.15 bits per heavy atom. The molecule has 0 bridgehead atoms. The maximum atomic E-state index is 10.1. The van der Waals surface area contributed by atoms with Gasteiger partial charge in [0.25, 0.3) is 0 Å². The third-order valence-corrected chi connectivity index (χ3v) is 3.98. The van der Waals surface area contributed by atoms with Gasteiger partial charge in [-0.2, -0.15) is 0 Å². The van der Waals surface area contributed by atoms with E-state index in [2.05, 4.69) is 11.1 Å². The molecule has 1 aromatic heterocycles. The number of phenols is 2. The van der Waals surface area contributed by atoms with Gasteiger partial charge in [0.2, 0.25) is 0 Å². The van der Waals surface area contributed by atoms with Gasteiger partial charge in [-0.1, -0.05) is 12.2 Å². The summed E-state index contributed by atoms with van der Waals surface area (Å²) in [6.45, 7) is 0. The van der Waals surface area contributed by atoms with Gasteiger partial charge < -0.3 is 10.2 Å². The molecular weight excluding hydrogens is 270 g/mol. The van der Waals surface area contributed by atoms with Gasteiger partial charge in [-0.15, -0.1) is 11.3 Å². The molecule has 1 aliphatic rings. The van der Waals surface area contributed by atoms with E-state index in [-0.39, 0.29) is 11.5 Å². The van der Waals surface area contributed by atoms with Crippen LogP contribution >= 0.6 is 11.3 Å². The van der Waals surface area contributed by atoms with Gasteiger partial charge >= 0.3 is 0 Å². The molecule has 102 valence electrons. The highest BCUT2D eigenvalue weighted by molar-refractivity contribution is 7.07. The third-order valence-electron chi connectivity index (χ3n) is 3.38. The molecule has 1 heterocycles. The van der Waals surface area contributed by atoms with Crippen molar-refractivity contribution in [1.82, 2.24) is 4.98 Å². The van der Waals surface area contributed by atoms with Crippen molar-refractivity contribution in [3.05, 3.63) is 45.9 Å². The van der Waals surface area contributed by atoms with Crippen LogP contribution in [-0.2, 0) is 0 Å². The average molecular weight is 285 g/mol. The maximum Gasteiger partial charge on any atom is 0.127 e. The molecule has 4 heteroatoms. The maximum absolute atomic E-state index is 10.1. The summed E-state index contributed by atoms with van der Waals surface area (Å²) in [7, 11) is 0. The molecule has 0 spiro atoms. The van der Waals surface area contributed by atoms with Crippen LogP contribution in [0.25, 0.3) is 17.7 Å². The fraction of sp³-hybridized carbons (Fsp3) is 0.188. The molecule has 0 fully saturated rings. The highest BCUT2D eigenvalue weighted by atomic mass is 32.1. The number of phenolic OH excluding ortho intramolecular Hbond substituents is 2. The first kappa shape index (κ1) is 12.9. The number of aromatic hydroxyl groups is 2. The number of allylic oxidation sites excluding steroid dienone is 2. The van der Waals surface area contributed by atoms with E-state index >= 15 is 0 Å². The zero-order valence-corrected chi connectivity index (χ0v) is 11.7. The minimum atomic E-state index is 0.135. The van der Waals surface area contributed by atoms with E-state index in [1.807, 2.05) is 17.5 Å². The zero-order chi connectivity index (χ0) is 13.9. The van der Waals surface area contributed by atoms with Crippen LogP contribution < -0.4 is 0 Å². The Morgan fingerprint density at radius 2 is 1.95 bits per heavy atom. The first-order valence-electron chi connectivity index (χ1n) is 6.55. The highest BCUT2D eigenvalue weighted by Gasteiger charge is 2.16. The Hall–Kier alpha value is -2.07. The molecule has 3 rings (SSSR count). The van der Waals surface area contributed by atoms with Gasteiger partial charge in [-0.3, -0.25) is 0 Å². The van der Waals surface area contributed by atoms with E-state index in [0.717, 1.165) is 36.1 Å². The van der Waals surface area contributed by atoms with E-state index in [4.69, 9.17) is 0 Å². The number of thiazole rings is 1. The van der Waals surface area contributed by atoms with Gasteiger partial charge in [-0.05, 0) is 48.6 Å². The lowest BCUT2D eigenvalue weighted by Crippen LogP contribution is -1.86. The van der Waals surface area contributed by atoms with E-state index in [9.17, 15) is 10.2 Å². The molecular formula is C16H15NO2S. The predicted octanol–water partition coefficient (Wildman–Crippen LogP) is 4.29. The molecule has 0 aliphatic heterocycles. The van der Waals surface area contributed by atoms with Gasteiger partial charge in [0.1, 0.15) is 11.5 Å². The summed E-state index contributed by atoms with van der Waals surface area (Å²) in [6, 6.07) is 3.36. The first-order valence-corrected chi connectivity index (χ1v) is 7.50. The van der Waals surface area contributed by atoms with Crippen LogP contribution in [0.15, 0.2) is 29.1 Å². The fourth-order valence-electron chi connectivity index (χ4n) is 2.44. The summed E-state index contributed by atoms with van der Waals surface area (Å²) in [5, 5.41) is 22.2. The Labute approximate surface area is 121 Å². The van der Waals surface area contributed by atoms with Crippen molar-refractivity contribution in [2.45, 2.75) is 19.3 Å². The largest absolute Gasteiger partial charge is 0.507 e. The average Bonchev–Trinajstić information content (AvgIpc) is 3.09. The van der Waals surface area contributed by atoms with Crippen LogP contribution in [0.5, 0.6) is 11.5 Å². The van der Waals surface area contributed by atoms with Crippen molar-refractivity contribution in [3.8, 4) is 11.5 Å². The van der Waals surface area contributed by atoms with Gasteiger partial charge in [0.15, 0.2) is 0 Å². The second-order valence-corrected chi connectivity index (χ2v) is 5.52. The molecule has 0 atom stereocenters. The van der Waals surface area contributed by atoms with Crippen molar-refractivity contribution in [2.24, 2.45) is 0 Å². The minimum Gasteiger partial charge on any atom is -0.507 e. The Balaban J connectivity index is 1.91. The molecule has 2 N–H and O–H groups in total. The van der Waals surface area contributed by atoms with Crippen molar-refractivity contribution in [3.63, 3.8) is 0 Å². The molecule has 0 saturated carbocycles. The third kappa shape index (κ3) is 2.60. The molecule has 2 aromatic rings. The number of rotatable bonds is 3. The molecule has 0 unspecified atom stereocenters. The van der Waals surface area contributed by atoms with Crippen LogP contribution in [0.3, 0.4) is 0 Å². The first-order chi connectivity index (χ1) is 9.74. The lowest BCUT2D eigenvalue weighted by molar-refractivity contribution is 0.447. The summed E-state index contributed by atoms with van der Waals surface area (Å²) in [4.78, 5) is 4.15. The van der Waals surface area contributed by atoms with Crippen LogP contribution in [0.4, 0.5) is 0 Å². The van der Waals surface area contributed by atoms with Crippen molar-refractivity contribution >= 4 is 29.1 Å². The second-order valence-electron chi connectivity index (χ2n) is 4.80. The van der Waals surface area contributed by atoms with Crippen LogP contribution in [0.2, 0.25) is 0 Å². The quantitative estimate of drug-likeness (QED) is 0.884. The van der Waals surface area contributed by atoms with Crippen molar-refractivity contribution in [1.29, 1.82) is 0 Å². The molecule has 3 nitrogen and oxygen atoms in total. The normalized spacial score (nSPS) is 14.9. The van der Waals surface area contributed by atoms with Crippen LogP contribution in [0, 0.1) is 0 Å². The van der Waals surface area contributed by atoms with Gasteiger partial charge in [0.05, 0.1) is 16.8 Å². The molecule has 0 radical (unpaired) electrons. The number of benzene rings is 1. The van der Waals surface area contributed by atoms with Gasteiger partial charge in [0, 0.05) is 5.38 Å². The minimum absolute atomic E-state index is 0.135. The molecule has 0 saturated heterocycles. The molecule has 1 aliphatic carbocycles. The summed E-state index contributed by atoms with van der Waals surface area (Å²) in [5.74, 6) is 0.271. The number of hydrogen-bond acceptors (Lipinski definition) is 4. The predicted molar refractivity (Wildman–Crippen MR) is 82.6 cm³/mol. The summed E-state index contributed by atoms with van der Waals surface area (Å²) < 4.78 is 0. The number of hydrogen-bond donors (Lipinski definition) is 2. The Kier molecular flexibility index (Phi) is 3.56. The topological polar surface area (TPSA) is 53.4 Å². The lowest BCUT2D eigenvalue weighted by atomic mass is 10.0. The summed E-state index contributed by atoms with van der Waals surface area (Å²) in [5.41, 5.74) is 5.01. The Morgan fingerprint density at radius 3 is 2.55 bits per heavy atom.